The van der Waals surface area contributed by atoms with Gasteiger partial charge in [-0.1, -0.05) is 18.6 Å². The third kappa shape index (κ3) is 4.04. The first-order valence-corrected chi connectivity index (χ1v) is 7.27. The van der Waals surface area contributed by atoms with Crippen molar-refractivity contribution in [3.05, 3.63) is 35.6 Å². The van der Waals surface area contributed by atoms with Crippen molar-refractivity contribution >= 4 is 5.97 Å². The Labute approximate surface area is 119 Å². The monoisotopic (exact) mass is 279 g/mol. The zero-order valence-electron chi connectivity index (χ0n) is 12.0. The molecule has 110 valence electrons. The second-order valence-electron chi connectivity index (χ2n) is 5.28. The van der Waals surface area contributed by atoms with E-state index in [1.165, 1.54) is 37.6 Å². The number of benzene rings is 1. The summed E-state index contributed by atoms with van der Waals surface area (Å²) in [5, 5.41) is 0. The van der Waals surface area contributed by atoms with Gasteiger partial charge in [0.2, 0.25) is 0 Å². The van der Waals surface area contributed by atoms with E-state index in [4.69, 9.17) is 0 Å². The van der Waals surface area contributed by atoms with Crippen LogP contribution in [0.3, 0.4) is 0 Å². The van der Waals surface area contributed by atoms with Crippen molar-refractivity contribution in [3.63, 3.8) is 0 Å². The summed E-state index contributed by atoms with van der Waals surface area (Å²) in [5.74, 6) is -0.345. The van der Waals surface area contributed by atoms with Gasteiger partial charge in [0.25, 0.3) is 0 Å². The lowest BCUT2D eigenvalue weighted by Gasteiger charge is -2.36. The standard InChI is InChI=1S/C16H22FNO2/c1-20-16(19)6-4-12-18-11-3-2-5-15(18)13-7-9-14(17)10-8-13/h7-10,15H,2-6,11-12H2,1H3. The second-order valence-corrected chi connectivity index (χ2v) is 5.28. The molecule has 0 N–H and O–H groups in total. The number of carbonyl (C=O) groups is 1. The first-order chi connectivity index (χ1) is 9.70. The van der Waals surface area contributed by atoms with Gasteiger partial charge >= 0.3 is 5.97 Å². The molecule has 1 aromatic rings. The largest absolute Gasteiger partial charge is 0.469 e. The Morgan fingerprint density at radius 3 is 2.80 bits per heavy atom. The van der Waals surface area contributed by atoms with Gasteiger partial charge in [-0.3, -0.25) is 9.69 Å². The minimum Gasteiger partial charge on any atom is -0.469 e. The van der Waals surface area contributed by atoms with Crippen LogP contribution in [-0.2, 0) is 9.53 Å². The molecule has 1 unspecified atom stereocenters. The quantitative estimate of drug-likeness (QED) is 0.774. The van der Waals surface area contributed by atoms with Crippen molar-refractivity contribution in [1.82, 2.24) is 4.90 Å². The summed E-state index contributed by atoms with van der Waals surface area (Å²) >= 11 is 0. The highest BCUT2D eigenvalue weighted by Crippen LogP contribution is 2.31. The highest BCUT2D eigenvalue weighted by Gasteiger charge is 2.23. The molecule has 0 amide bonds. The molecule has 0 aliphatic carbocycles. The zero-order valence-corrected chi connectivity index (χ0v) is 12.0. The molecular formula is C16H22FNO2. The van der Waals surface area contributed by atoms with E-state index < -0.39 is 0 Å². The van der Waals surface area contributed by atoms with Crippen molar-refractivity contribution in [2.75, 3.05) is 20.2 Å². The average Bonchev–Trinajstić information content (AvgIpc) is 2.48. The molecule has 1 aliphatic rings. The number of hydrogen-bond acceptors (Lipinski definition) is 3. The third-order valence-electron chi connectivity index (χ3n) is 3.92. The van der Waals surface area contributed by atoms with Crippen molar-refractivity contribution in [3.8, 4) is 0 Å². The number of hydrogen-bond donors (Lipinski definition) is 0. The molecule has 2 rings (SSSR count). The summed E-state index contributed by atoms with van der Waals surface area (Å²) in [6, 6.07) is 7.15. The lowest BCUT2D eigenvalue weighted by molar-refractivity contribution is -0.140. The zero-order chi connectivity index (χ0) is 14.4. The van der Waals surface area contributed by atoms with Crippen LogP contribution < -0.4 is 0 Å². The SMILES string of the molecule is COC(=O)CCCN1CCCCC1c1ccc(F)cc1. The number of esters is 1. The number of ether oxygens (including phenoxy) is 1. The minimum atomic E-state index is -0.193. The van der Waals surface area contributed by atoms with Crippen LogP contribution in [-0.4, -0.2) is 31.1 Å². The summed E-state index contributed by atoms with van der Waals surface area (Å²) in [5.41, 5.74) is 1.17. The Balaban J connectivity index is 1.94. The van der Waals surface area contributed by atoms with E-state index in [1.54, 1.807) is 0 Å². The van der Waals surface area contributed by atoms with E-state index in [9.17, 15) is 9.18 Å². The van der Waals surface area contributed by atoms with Gasteiger partial charge in [0, 0.05) is 12.5 Å². The molecule has 0 spiro atoms. The fraction of sp³-hybridized carbons (Fsp3) is 0.562. The smallest absolute Gasteiger partial charge is 0.305 e. The maximum Gasteiger partial charge on any atom is 0.305 e. The van der Waals surface area contributed by atoms with Crippen molar-refractivity contribution in [1.29, 1.82) is 0 Å². The molecule has 0 saturated carbocycles. The van der Waals surface area contributed by atoms with Crippen molar-refractivity contribution < 1.29 is 13.9 Å². The Kier molecular flexibility index (Phi) is 5.53. The third-order valence-corrected chi connectivity index (χ3v) is 3.92. The normalized spacial score (nSPS) is 19.8. The first kappa shape index (κ1) is 15.0. The van der Waals surface area contributed by atoms with E-state index in [0.717, 1.165) is 25.9 Å². The van der Waals surface area contributed by atoms with Crippen LogP contribution in [0.25, 0.3) is 0 Å². The molecule has 1 aliphatic heterocycles. The van der Waals surface area contributed by atoms with Gasteiger partial charge in [0.1, 0.15) is 5.82 Å². The molecule has 0 bridgehead atoms. The lowest BCUT2D eigenvalue weighted by Crippen LogP contribution is -2.34. The van der Waals surface area contributed by atoms with Gasteiger partial charge in [-0.15, -0.1) is 0 Å². The molecule has 1 aromatic carbocycles. The Hall–Kier alpha value is -1.42. The van der Waals surface area contributed by atoms with Crippen LogP contribution in [0.15, 0.2) is 24.3 Å². The molecule has 0 aromatic heterocycles. The van der Waals surface area contributed by atoms with E-state index >= 15 is 0 Å². The fourth-order valence-corrected chi connectivity index (χ4v) is 2.85. The highest BCUT2D eigenvalue weighted by molar-refractivity contribution is 5.69. The summed E-state index contributed by atoms with van der Waals surface area (Å²) in [6.07, 6.45) is 4.77. The van der Waals surface area contributed by atoms with Crippen LogP contribution in [0.5, 0.6) is 0 Å². The van der Waals surface area contributed by atoms with Gasteiger partial charge in [-0.2, -0.15) is 0 Å². The maximum absolute atomic E-state index is 13.0. The second kappa shape index (κ2) is 7.39. The number of likely N-dealkylation sites (tertiary alicyclic amines) is 1. The molecular weight excluding hydrogens is 257 g/mol. The summed E-state index contributed by atoms with van der Waals surface area (Å²) in [6.45, 7) is 1.93. The average molecular weight is 279 g/mol. The fourth-order valence-electron chi connectivity index (χ4n) is 2.85. The predicted octanol–water partition coefficient (Wildman–Crippen LogP) is 3.31. The molecule has 1 heterocycles. The van der Waals surface area contributed by atoms with Gasteiger partial charge in [-0.25, -0.2) is 4.39 Å². The first-order valence-electron chi connectivity index (χ1n) is 7.27. The number of piperidine rings is 1. The van der Waals surface area contributed by atoms with Crippen LogP contribution in [0.4, 0.5) is 4.39 Å². The van der Waals surface area contributed by atoms with Gasteiger partial charge < -0.3 is 4.74 Å². The van der Waals surface area contributed by atoms with E-state index in [-0.39, 0.29) is 11.8 Å². The van der Waals surface area contributed by atoms with E-state index in [1.807, 2.05) is 12.1 Å². The predicted molar refractivity (Wildman–Crippen MR) is 75.8 cm³/mol. The highest BCUT2D eigenvalue weighted by atomic mass is 19.1. The number of carbonyl (C=O) groups excluding carboxylic acids is 1. The van der Waals surface area contributed by atoms with Crippen LogP contribution >= 0.6 is 0 Å². The maximum atomic E-state index is 13.0. The topological polar surface area (TPSA) is 29.5 Å². The summed E-state index contributed by atoms with van der Waals surface area (Å²) < 4.78 is 17.7. The molecule has 4 heteroatoms. The Morgan fingerprint density at radius 2 is 2.10 bits per heavy atom. The molecule has 1 atom stereocenters. The molecule has 0 radical (unpaired) electrons. The summed E-state index contributed by atoms with van der Waals surface area (Å²) in [4.78, 5) is 13.6. The lowest BCUT2D eigenvalue weighted by atomic mass is 9.95. The van der Waals surface area contributed by atoms with E-state index in [0.29, 0.717) is 12.5 Å². The van der Waals surface area contributed by atoms with Gasteiger partial charge in [0.05, 0.1) is 7.11 Å². The molecule has 1 fully saturated rings. The number of rotatable bonds is 5. The molecule has 1 saturated heterocycles. The minimum absolute atomic E-state index is 0.152. The number of methoxy groups -OCH3 is 1. The van der Waals surface area contributed by atoms with Gasteiger partial charge in [0.15, 0.2) is 0 Å². The van der Waals surface area contributed by atoms with E-state index in [2.05, 4.69) is 9.64 Å². The Bertz CT molecular complexity index is 433. The van der Waals surface area contributed by atoms with Crippen LogP contribution in [0.1, 0.15) is 43.7 Å². The number of nitrogens with zero attached hydrogens (tertiary/aromatic N) is 1. The summed E-state index contributed by atoms with van der Waals surface area (Å²) in [7, 11) is 1.42. The van der Waals surface area contributed by atoms with Gasteiger partial charge in [-0.05, 0) is 50.0 Å². The van der Waals surface area contributed by atoms with Crippen molar-refractivity contribution in [2.24, 2.45) is 0 Å². The molecule has 20 heavy (non-hydrogen) atoms. The Morgan fingerprint density at radius 1 is 1.35 bits per heavy atom. The van der Waals surface area contributed by atoms with Crippen LogP contribution in [0, 0.1) is 5.82 Å². The molecule has 3 nitrogen and oxygen atoms in total. The number of halogens is 1. The van der Waals surface area contributed by atoms with Crippen LogP contribution in [0.2, 0.25) is 0 Å². The van der Waals surface area contributed by atoms with Crippen molar-refractivity contribution in [2.45, 2.75) is 38.1 Å².